The fourth-order valence-electron chi connectivity index (χ4n) is 7.63. The molecule has 2 aliphatic rings. The molecule has 56 heavy (non-hydrogen) atoms. The molecule has 0 aliphatic heterocycles. The minimum absolute atomic E-state index is 0.00635. The molecule has 3 atom stereocenters. The second kappa shape index (κ2) is 16.3. The molecule has 2 bridgehead atoms. The van der Waals surface area contributed by atoms with Crippen molar-refractivity contribution in [3.63, 3.8) is 0 Å². The molecule has 1 saturated carbocycles. The molecule has 0 aromatic heterocycles. The van der Waals surface area contributed by atoms with Gasteiger partial charge in [-0.15, -0.1) is 0 Å². The molecule has 11 nitrogen and oxygen atoms in total. The maximum absolute atomic E-state index is 14.1. The molecule has 5 rings (SSSR count). The maximum Gasteiger partial charge on any atom is 0.471 e. The van der Waals surface area contributed by atoms with E-state index in [1.807, 2.05) is 6.07 Å². The van der Waals surface area contributed by atoms with Gasteiger partial charge in [0.05, 0.1) is 23.2 Å². The van der Waals surface area contributed by atoms with Gasteiger partial charge in [0.1, 0.15) is 11.5 Å². The molecule has 0 spiro atoms. The fraction of sp³-hybridized carbons (Fsp3) is 0.524. The Balaban J connectivity index is 1.42. The van der Waals surface area contributed by atoms with Gasteiger partial charge in [-0.25, -0.2) is 0 Å². The number of nitro benzene ring substituents is 1. The van der Waals surface area contributed by atoms with Crippen LogP contribution in [0.15, 0.2) is 42.5 Å². The summed E-state index contributed by atoms with van der Waals surface area (Å²) >= 11 is 0. The van der Waals surface area contributed by atoms with Crippen molar-refractivity contribution in [2.24, 2.45) is 0 Å². The third-order valence-electron chi connectivity index (χ3n) is 11.8. The van der Waals surface area contributed by atoms with Crippen LogP contribution in [-0.2, 0) is 22.2 Å². The first-order valence-corrected chi connectivity index (χ1v) is 19.2. The number of nitro groups is 1. The van der Waals surface area contributed by atoms with Crippen LogP contribution in [0.4, 0.5) is 18.9 Å². The van der Waals surface area contributed by atoms with E-state index in [2.05, 4.69) is 59.0 Å². The van der Waals surface area contributed by atoms with Gasteiger partial charge < -0.3 is 29.9 Å². The number of carbonyl (C=O) groups is 2. The summed E-state index contributed by atoms with van der Waals surface area (Å²) < 4.78 is 52.7. The lowest BCUT2D eigenvalue weighted by atomic mass is 9.76. The summed E-state index contributed by atoms with van der Waals surface area (Å²) in [6.45, 7) is 13.8. The van der Waals surface area contributed by atoms with Crippen LogP contribution in [0.2, 0.25) is 0 Å². The lowest BCUT2D eigenvalue weighted by Gasteiger charge is -2.30. The Kier molecular flexibility index (Phi) is 12.3. The van der Waals surface area contributed by atoms with Crippen molar-refractivity contribution in [1.82, 2.24) is 10.2 Å². The summed E-state index contributed by atoms with van der Waals surface area (Å²) in [6.07, 6.45) is -2.47. The molecule has 3 unspecified atom stereocenters. The molecule has 2 aliphatic carbocycles. The van der Waals surface area contributed by atoms with E-state index in [9.17, 15) is 43.1 Å². The zero-order valence-electron chi connectivity index (χ0n) is 33.0. The van der Waals surface area contributed by atoms with Crippen molar-refractivity contribution < 1.29 is 47.4 Å². The molecule has 0 radical (unpaired) electrons. The molecule has 0 saturated heterocycles. The average molecular weight is 784 g/mol. The smallest absolute Gasteiger partial charge is 0.471 e. The number of nitrogens with one attached hydrogen (secondary N) is 1. The first kappa shape index (κ1) is 42.3. The minimum Gasteiger partial charge on any atom is -0.504 e. The van der Waals surface area contributed by atoms with Crippen LogP contribution < -0.4 is 14.8 Å². The first-order chi connectivity index (χ1) is 26.2. The predicted octanol–water partition coefficient (Wildman–Crippen LogP) is 8.91. The number of fused-ring (bicyclic) bond motifs is 5. The van der Waals surface area contributed by atoms with E-state index < -0.39 is 52.9 Å². The number of alkyl halides is 3. The zero-order chi connectivity index (χ0) is 41.3. The largest absolute Gasteiger partial charge is 0.504 e. The lowest BCUT2D eigenvalue weighted by molar-refractivity contribution is -0.385. The number of nitrogens with zero attached hydrogens (tertiary/aromatic N) is 2. The van der Waals surface area contributed by atoms with E-state index in [-0.39, 0.29) is 59.1 Å². The fourth-order valence-corrected chi connectivity index (χ4v) is 7.63. The quantitative estimate of drug-likeness (QED) is 0.0740. The first-order valence-electron chi connectivity index (χ1n) is 19.2. The number of amides is 2. The van der Waals surface area contributed by atoms with E-state index >= 15 is 0 Å². The topological polar surface area (TPSA) is 151 Å². The van der Waals surface area contributed by atoms with Crippen LogP contribution in [0.25, 0.3) is 0 Å². The molecule has 304 valence electrons. The van der Waals surface area contributed by atoms with Gasteiger partial charge in [-0.1, -0.05) is 53.7 Å². The molecule has 3 aromatic rings. The second-order valence-corrected chi connectivity index (χ2v) is 16.0. The summed E-state index contributed by atoms with van der Waals surface area (Å²) in [5.41, 5.74) is 2.62. The number of carbonyl (C=O) groups excluding carboxylic acids is 2. The predicted molar refractivity (Wildman–Crippen MR) is 205 cm³/mol. The second-order valence-electron chi connectivity index (χ2n) is 16.0. The number of aromatic hydroxyl groups is 1. The minimum atomic E-state index is -5.20. The number of phenols is 1. The number of aliphatic hydroxyl groups excluding tert-OH is 1. The average Bonchev–Trinajstić information content (AvgIpc) is 3.65. The van der Waals surface area contributed by atoms with Gasteiger partial charge in [0.25, 0.3) is 11.6 Å². The summed E-state index contributed by atoms with van der Waals surface area (Å²) in [4.78, 5) is 37.7. The van der Waals surface area contributed by atoms with E-state index in [0.29, 0.717) is 35.3 Å². The van der Waals surface area contributed by atoms with E-state index in [0.717, 1.165) is 42.4 Å². The standard InChI is InChI=1S/C42H52F3N3O8/c1-8-40(4,5)25-12-16-33(30(21-25)41(6,7)9-2)55-19-11-18-46-38(51)35-34-28-15-14-27(36(28)50)29(34)22-31(49)37(35)56-32-17-13-26(48(53)54)20-24(32)23-47(10-3)39(52)42(43,44)45/h12-13,16-17,20-22,27-28,36,49-50H,8-11,14-15,18-19,23H2,1-7H3,(H,46,51). The number of hydrogen-bond donors (Lipinski definition) is 3. The van der Waals surface area contributed by atoms with E-state index in [1.54, 1.807) is 0 Å². The molecule has 3 N–H and O–H groups in total. The van der Waals surface area contributed by atoms with Crippen LogP contribution in [0.5, 0.6) is 23.0 Å². The lowest BCUT2D eigenvalue weighted by Crippen LogP contribution is -2.40. The number of aliphatic hydroxyl groups is 1. The van der Waals surface area contributed by atoms with Crippen LogP contribution in [0, 0.1) is 10.1 Å². The number of hydrogen-bond acceptors (Lipinski definition) is 8. The summed E-state index contributed by atoms with van der Waals surface area (Å²) in [6, 6.07) is 10.9. The Labute approximate surface area is 325 Å². The Morgan fingerprint density at radius 2 is 1.62 bits per heavy atom. The van der Waals surface area contributed by atoms with Crippen molar-refractivity contribution in [2.75, 3.05) is 19.7 Å². The van der Waals surface area contributed by atoms with Gasteiger partial charge in [0.2, 0.25) is 0 Å². The van der Waals surface area contributed by atoms with Crippen molar-refractivity contribution in [3.05, 3.63) is 86.0 Å². The highest BCUT2D eigenvalue weighted by atomic mass is 19.4. The Hall–Kier alpha value is -4.85. The molecule has 2 amide bonds. The van der Waals surface area contributed by atoms with Gasteiger partial charge in [-0.3, -0.25) is 19.7 Å². The monoisotopic (exact) mass is 783 g/mol. The van der Waals surface area contributed by atoms with Crippen molar-refractivity contribution >= 4 is 17.5 Å². The number of ether oxygens (including phenoxy) is 2. The van der Waals surface area contributed by atoms with Crippen molar-refractivity contribution in [3.8, 4) is 23.0 Å². The maximum atomic E-state index is 14.1. The Morgan fingerprint density at radius 3 is 2.25 bits per heavy atom. The summed E-state index contributed by atoms with van der Waals surface area (Å²) in [7, 11) is 0. The molecular weight excluding hydrogens is 731 g/mol. The van der Waals surface area contributed by atoms with E-state index in [1.165, 1.54) is 18.6 Å². The Morgan fingerprint density at radius 1 is 0.964 bits per heavy atom. The molecule has 14 heteroatoms. The normalized spacial score (nSPS) is 17.7. The van der Waals surface area contributed by atoms with Crippen LogP contribution in [0.3, 0.4) is 0 Å². The van der Waals surface area contributed by atoms with Gasteiger partial charge in [-0.2, -0.15) is 13.2 Å². The SMILES string of the molecule is CCN(Cc1cc([N+](=O)[O-])ccc1Oc1c(O)cc2c(c1C(=O)NCCCOc1ccc(C(C)(C)CC)cc1C(C)(C)CC)C1CCC2C1O)C(=O)C(F)(F)F. The molecule has 1 fully saturated rings. The molecule has 0 heterocycles. The van der Waals surface area contributed by atoms with Crippen LogP contribution in [-0.4, -0.2) is 63.8 Å². The number of rotatable bonds is 16. The van der Waals surface area contributed by atoms with Crippen molar-refractivity contribution in [2.45, 2.75) is 122 Å². The van der Waals surface area contributed by atoms with Crippen LogP contribution >= 0.6 is 0 Å². The number of benzene rings is 3. The Bertz CT molecular complexity index is 1980. The highest BCUT2D eigenvalue weighted by Crippen LogP contribution is 2.57. The highest BCUT2D eigenvalue weighted by Gasteiger charge is 2.49. The van der Waals surface area contributed by atoms with Gasteiger partial charge in [-0.05, 0) is 84.7 Å². The molecule has 3 aromatic carbocycles. The number of phenolic OH excluding ortho intramolecular Hbond substituents is 1. The van der Waals surface area contributed by atoms with Crippen LogP contribution in [0.1, 0.15) is 131 Å². The third-order valence-corrected chi connectivity index (χ3v) is 11.8. The number of non-ortho nitro benzene ring substituents is 1. The van der Waals surface area contributed by atoms with Gasteiger partial charge in [0.15, 0.2) is 11.5 Å². The van der Waals surface area contributed by atoms with Crippen molar-refractivity contribution in [1.29, 1.82) is 0 Å². The summed E-state index contributed by atoms with van der Waals surface area (Å²) in [5.74, 6) is -3.72. The summed E-state index contributed by atoms with van der Waals surface area (Å²) in [5, 5.41) is 36.9. The van der Waals surface area contributed by atoms with E-state index in [4.69, 9.17) is 9.47 Å². The molecular formula is C42H52F3N3O8. The zero-order valence-corrected chi connectivity index (χ0v) is 33.0. The third kappa shape index (κ3) is 8.45. The van der Waals surface area contributed by atoms with Gasteiger partial charge >= 0.3 is 12.1 Å². The van der Waals surface area contributed by atoms with Gasteiger partial charge in [0, 0.05) is 54.7 Å². The number of halogens is 3. The highest BCUT2D eigenvalue weighted by molar-refractivity contribution is 6.00.